The van der Waals surface area contributed by atoms with Crippen LogP contribution in [0, 0.1) is 0 Å². The Bertz CT molecular complexity index is 428. The van der Waals surface area contributed by atoms with E-state index in [0.29, 0.717) is 6.67 Å². The summed E-state index contributed by atoms with van der Waals surface area (Å²) in [6.07, 6.45) is 6.93. The van der Waals surface area contributed by atoms with Crippen LogP contribution in [0.2, 0.25) is 0 Å². The van der Waals surface area contributed by atoms with E-state index < -0.39 is 0 Å². The summed E-state index contributed by atoms with van der Waals surface area (Å²) in [4.78, 5) is 0. The molecule has 0 bridgehead atoms. The van der Waals surface area contributed by atoms with Crippen molar-refractivity contribution in [3.05, 3.63) is 49.1 Å². The fourth-order valence-electron chi connectivity index (χ4n) is 1.38. The Hall–Kier alpha value is -2.10. The summed E-state index contributed by atoms with van der Waals surface area (Å²) < 4.78 is 3.63. The summed E-state index contributed by atoms with van der Waals surface area (Å²) in [5.74, 6) is 0.441. The first-order valence-electron chi connectivity index (χ1n) is 4.60. The van der Waals surface area contributed by atoms with Gasteiger partial charge >= 0.3 is 6.67 Å². The minimum absolute atomic E-state index is 0.221. The van der Waals surface area contributed by atoms with Gasteiger partial charge in [0.15, 0.2) is 23.9 Å². The monoisotopic (exact) mass is 204 g/mol. The summed E-state index contributed by atoms with van der Waals surface area (Å²) >= 11 is 0. The van der Waals surface area contributed by atoms with E-state index in [0.717, 1.165) is 0 Å². The van der Waals surface area contributed by atoms with E-state index in [2.05, 4.69) is 0 Å². The van der Waals surface area contributed by atoms with Gasteiger partial charge in [-0.2, -0.15) is 0 Å². The van der Waals surface area contributed by atoms with Crippen molar-refractivity contribution in [3.63, 3.8) is 0 Å². The Balaban J connectivity index is 2.22. The van der Waals surface area contributed by atoms with Crippen molar-refractivity contribution in [2.45, 2.75) is 6.67 Å². The molecule has 4 nitrogen and oxygen atoms in total. The van der Waals surface area contributed by atoms with Gasteiger partial charge in [-0.05, 0) is 12.1 Å². The van der Waals surface area contributed by atoms with Gasteiger partial charge in [0, 0.05) is 12.1 Å². The molecule has 4 heteroatoms. The predicted molar refractivity (Wildman–Crippen MR) is 52.0 cm³/mol. The molecule has 0 atom stereocenters. The second kappa shape index (κ2) is 3.96. The van der Waals surface area contributed by atoms with E-state index in [1.807, 2.05) is 21.5 Å². The summed E-state index contributed by atoms with van der Waals surface area (Å²) in [7, 11) is 0. The molecule has 2 rings (SSSR count). The van der Waals surface area contributed by atoms with Crippen molar-refractivity contribution >= 4 is 0 Å². The fourth-order valence-corrected chi connectivity index (χ4v) is 1.38. The van der Waals surface area contributed by atoms with Crippen LogP contribution in [0.25, 0.3) is 0 Å². The molecule has 2 heterocycles. The molecule has 15 heavy (non-hydrogen) atoms. The van der Waals surface area contributed by atoms with Gasteiger partial charge in [-0.15, -0.1) is 9.13 Å². The Morgan fingerprint density at radius 2 is 1.33 bits per heavy atom. The van der Waals surface area contributed by atoms with Crippen LogP contribution in [0.5, 0.6) is 11.5 Å². The molecule has 0 fully saturated rings. The summed E-state index contributed by atoms with van der Waals surface area (Å²) in [6.45, 7) is 0.544. The van der Waals surface area contributed by atoms with E-state index in [1.165, 1.54) is 0 Å². The van der Waals surface area contributed by atoms with E-state index in [1.54, 1.807) is 36.7 Å². The second-order valence-corrected chi connectivity index (χ2v) is 3.29. The smallest absolute Gasteiger partial charge is 0.343 e. The zero-order valence-corrected chi connectivity index (χ0v) is 8.11. The number of pyridine rings is 2. The van der Waals surface area contributed by atoms with Crippen LogP contribution < -0.4 is 9.13 Å². The molecule has 0 unspecified atom stereocenters. The van der Waals surface area contributed by atoms with Crippen molar-refractivity contribution in [3.8, 4) is 11.5 Å². The Kier molecular flexibility index (Phi) is 2.49. The average Bonchev–Trinajstić information content (AvgIpc) is 2.17. The number of hydrogen-bond acceptors (Lipinski definition) is 2. The molecule has 0 saturated carbocycles. The number of nitrogens with zero attached hydrogens (tertiary/aromatic N) is 2. The van der Waals surface area contributed by atoms with Crippen molar-refractivity contribution in [2.75, 3.05) is 0 Å². The van der Waals surface area contributed by atoms with Crippen LogP contribution in [0.3, 0.4) is 0 Å². The summed E-state index contributed by atoms with van der Waals surface area (Å²) in [6, 6.07) is 6.75. The molecule has 0 aliphatic heterocycles. The third-order valence-electron chi connectivity index (χ3n) is 2.01. The molecule has 76 valence electrons. The lowest BCUT2D eigenvalue weighted by Gasteiger charge is -1.94. The minimum Gasteiger partial charge on any atom is -0.503 e. The molecular weight excluding hydrogens is 192 g/mol. The highest BCUT2D eigenvalue weighted by Gasteiger charge is 2.08. The van der Waals surface area contributed by atoms with Gasteiger partial charge in [0.2, 0.25) is 12.4 Å². The molecule has 2 aromatic heterocycles. The summed E-state index contributed by atoms with van der Waals surface area (Å²) in [5.41, 5.74) is 0. The molecule has 0 aliphatic rings. The van der Waals surface area contributed by atoms with Crippen LogP contribution in [-0.4, -0.2) is 10.2 Å². The van der Waals surface area contributed by atoms with E-state index in [4.69, 9.17) is 0 Å². The van der Waals surface area contributed by atoms with E-state index >= 15 is 0 Å². The van der Waals surface area contributed by atoms with Crippen LogP contribution in [0.1, 0.15) is 0 Å². The van der Waals surface area contributed by atoms with Gasteiger partial charge < -0.3 is 10.2 Å². The van der Waals surface area contributed by atoms with Gasteiger partial charge in [-0.3, -0.25) is 0 Å². The number of rotatable bonds is 2. The third-order valence-corrected chi connectivity index (χ3v) is 2.01. The first-order chi connectivity index (χ1) is 7.24. The Morgan fingerprint density at radius 1 is 0.867 bits per heavy atom. The molecule has 0 aliphatic carbocycles. The topological polar surface area (TPSA) is 48.2 Å². The third kappa shape index (κ3) is 2.43. The van der Waals surface area contributed by atoms with Crippen molar-refractivity contribution in [1.82, 2.24) is 0 Å². The SMILES string of the molecule is Oc1ccc[n+](C[n+]2cccc(O)c2)c1. The Morgan fingerprint density at radius 3 is 1.73 bits per heavy atom. The standard InChI is InChI=1S/C11H10N2O2/c14-10-3-1-5-12(7-10)9-13-6-2-4-11(15)8-13/h1-8H,9H2/p+2. The van der Waals surface area contributed by atoms with Gasteiger partial charge in [0.05, 0.1) is 0 Å². The largest absolute Gasteiger partial charge is 0.503 e. The predicted octanol–water partition coefficient (Wildman–Crippen LogP) is 0.179. The van der Waals surface area contributed by atoms with E-state index in [-0.39, 0.29) is 11.5 Å². The maximum absolute atomic E-state index is 9.27. The zero-order chi connectivity index (χ0) is 10.7. The Labute approximate surface area is 87.3 Å². The zero-order valence-electron chi connectivity index (χ0n) is 8.11. The molecule has 2 N–H and O–H groups in total. The molecule has 2 aromatic rings. The van der Waals surface area contributed by atoms with E-state index in [9.17, 15) is 10.2 Å². The van der Waals surface area contributed by atoms with Crippen LogP contribution in [0.4, 0.5) is 0 Å². The van der Waals surface area contributed by atoms with Crippen molar-refractivity contribution in [2.24, 2.45) is 0 Å². The number of hydrogen-bond donors (Lipinski definition) is 2. The first-order valence-corrected chi connectivity index (χ1v) is 4.60. The van der Waals surface area contributed by atoms with Crippen LogP contribution in [0.15, 0.2) is 49.1 Å². The molecule has 0 amide bonds. The number of aromatic nitrogens is 2. The molecular formula is C11H12N2O2+2. The van der Waals surface area contributed by atoms with Gasteiger partial charge in [0.1, 0.15) is 0 Å². The van der Waals surface area contributed by atoms with Crippen LogP contribution in [-0.2, 0) is 6.67 Å². The quantitative estimate of drug-likeness (QED) is 0.685. The van der Waals surface area contributed by atoms with Crippen molar-refractivity contribution in [1.29, 1.82) is 0 Å². The maximum Gasteiger partial charge on any atom is 0.343 e. The van der Waals surface area contributed by atoms with Crippen molar-refractivity contribution < 1.29 is 19.3 Å². The average molecular weight is 204 g/mol. The number of aromatic hydroxyl groups is 2. The van der Waals surface area contributed by atoms with Gasteiger partial charge in [-0.25, -0.2) is 0 Å². The lowest BCUT2D eigenvalue weighted by atomic mass is 10.4. The highest BCUT2D eigenvalue weighted by atomic mass is 16.3. The maximum atomic E-state index is 9.27. The molecule has 0 spiro atoms. The molecule has 0 radical (unpaired) electrons. The lowest BCUT2D eigenvalue weighted by Crippen LogP contribution is -2.50. The highest BCUT2D eigenvalue weighted by molar-refractivity contribution is 5.10. The highest BCUT2D eigenvalue weighted by Crippen LogP contribution is 2.01. The molecule has 0 saturated heterocycles. The second-order valence-electron chi connectivity index (χ2n) is 3.29. The van der Waals surface area contributed by atoms with Crippen LogP contribution >= 0.6 is 0 Å². The normalized spacial score (nSPS) is 10.1. The fraction of sp³-hybridized carbons (Fsp3) is 0.0909. The summed E-state index contributed by atoms with van der Waals surface area (Å²) in [5, 5.41) is 18.5. The lowest BCUT2D eigenvalue weighted by molar-refractivity contribution is -0.913. The van der Waals surface area contributed by atoms with Gasteiger partial charge in [0.25, 0.3) is 0 Å². The first kappa shape index (κ1) is 9.45. The molecule has 0 aromatic carbocycles. The minimum atomic E-state index is 0.221. The van der Waals surface area contributed by atoms with Gasteiger partial charge in [-0.1, -0.05) is 0 Å².